The maximum absolute atomic E-state index is 12.5. The first kappa shape index (κ1) is 14.3. The van der Waals surface area contributed by atoms with E-state index in [9.17, 15) is 9.59 Å². The van der Waals surface area contributed by atoms with Crippen LogP contribution in [0, 0.1) is 31.1 Å². The van der Waals surface area contributed by atoms with Gasteiger partial charge in [-0.3, -0.25) is 9.59 Å². The summed E-state index contributed by atoms with van der Waals surface area (Å²) in [4.78, 5) is 26.0. The van der Waals surface area contributed by atoms with Crippen LogP contribution in [-0.4, -0.2) is 18.2 Å². The van der Waals surface area contributed by atoms with E-state index in [0.29, 0.717) is 13.0 Å². The summed E-state index contributed by atoms with van der Waals surface area (Å²) in [7, 11) is 0. The minimum atomic E-state index is -0.649. The van der Waals surface area contributed by atoms with Crippen LogP contribution in [0.25, 0.3) is 0 Å². The van der Waals surface area contributed by atoms with Crippen LogP contribution in [0.2, 0.25) is 0 Å². The summed E-state index contributed by atoms with van der Waals surface area (Å²) in [6.07, 6.45) is 1.17. The zero-order valence-corrected chi connectivity index (χ0v) is 11.8. The molecule has 0 N–H and O–H groups in total. The van der Waals surface area contributed by atoms with Gasteiger partial charge in [-0.2, -0.15) is 5.26 Å². The second-order valence-electron chi connectivity index (χ2n) is 5.28. The molecule has 4 heteroatoms. The number of Topliss-reactive ketones (excluding diaryl/α,β-unsaturated/α-hetero) is 1. The molecule has 20 heavy (non-hydrogen) atoms. The van der Waals surface area contributed by atoms with Crippen molar-refractivity contribution in [2.75, 3.05) is 11.4 Å². The Morgan fingerprint density at radius 1 is 1.45 bits per heavy atom. The number of nitrogens with zero attached hydrogens (tertiary/aromatic N) is 2. The Morgan fingerprint density at radius 3 is 2.85 bits per heavy atom. The molecule has 1 aromatic rings. The smallest absolute Gasteiger partial charge is 0.237 e. The van der Waals surface area contributed by atoms with Gasteiger partial charge < -0.3 is 4.90 Å². The number of anilines is 1. The molecule has 1 unspecified atom stereocenters. The molecule has 0 spiro atoms. The largest absolute Gasteiger partial charge is 0.312 e. The molecule has 4 nitrogen and oxygen atoms in total. The van der Waals surface area contributed by atoms with E-state index in [2.05, 4.69) is 0 Å². The van der Waals surface area contributed by atoms with Crippen molar-refractivity contribution >= 4 is 17.4 Å². The third-order valence-corrected chi connectivity index (χ3v) is 3.72. The zero-order valence-electron chi connectivity index (χ0n) is 11.8. The van der Waals surface area contributed by atoms with E-state index in [1.165, 1.54) is 0 Å². The van der Waals surface area contributed by atoms with Crippen LogP contribution in [0.5, 0.6) is 0 Å². The molecule has 0 aromatic heterocycles. The molecule has 0 radical (unpaired) electrons. The van der Waals surface area contributed by atoms with Crippen LogP contribution < -0.4 is 4.90 Å². The van der Waals surface area contributed by atoms with E-state index in [1.807, 2.05) is 38.1 Å². The van der Waals surface area contributed by atoms with Crippen molar-refractivity contribution < 1.29 is 9.59 Å². The highest BCUT2D eigenvalue weighted by molar-refractivity contribution is 6.09. The monoisotopic (exact) mass is 270 g/mol. The number of amides is 1. The SMILES string of the molecule is Cc1ccc(N2CCCC(C(=O)CC#N)C2=O)c(C)c1. The van der Waals surface area contributed by atoms with Gasteiger partial charge >= 0.3 is 0 Å². The fourth-order valence-corrected chi connectivity index (χ4v) is 2.72. The van der Waals surface area contributed by atoms with Crippen molar-refractivity contribution in [3.8, 4) is 6.07 Å². The van der Waals surface area contributed by atoms with Crippen molar-refractivity contribution in [3.05, 3.63) is 29.3 Å². The zero-order chi connectivity index (χ0) is 14.7. The van der Waals surface area contributed by atoms with E-state index < -0.39 is 5.92 Å². The molecule has 0 aliphatic carbocycles. The lowest BCUT2D eigenvalue weighted by atomic mass is 9.90. The van der Waals surface area contributed by atoms with Crippen molar-refractivity contribution in [3.63, 3.8) is 0 Å². The molecule has 1 aliphatic rings. The number of piperidine rings is 1. The second kappa shape index (κ2) is 5.87. The van der Waals surface area contributed by atoms with Gasteiger partial charge in [0.05, 0.1) is 18.4 Å². The molecule has 0 saturated carbocycles. The van der Waals surface area contributed by atoms with Gasteiger partial charge in [-0.15, -0.1) is 0 Å². The van der Waals surface area contributed by atoms with Gasteiger partial charge in [0.25, 0.3) is 0 Å². The third kappa shape index (κ3) is 2.72. The number of nitriles is 1. The number of benzene rings is 1. The summed E-state index contributed by atoms with van der Waals surface area (Å²) >= 11 is 0. The van der Waals surface area contributed by atoms with E-state index >= 15 is 0 Å². The first-order valence-corrected chi connectivity index (χ1v) is 6.83. The molecular formula is C16H18N2O2. The Bertz CT molecular complexity index is 587. The van der Waals surface area contributed by atoms with E-state index in [0.717, 1.165) is 23.2 Å². The number of hydrogen-bond donors (Lipinski definition) is 0. The van der Waals surface area contributed by atoms with Crippen LogP contribution in [0.3, 0.4) is 0 Å². The Hall–Kier alpha value is -2.15. The number of ketones is 1. The van der Waals surface area contributed by atoms with Crippen molar-refractivity contribution in [1.29, 1.82) is 5.26 Å². The molecule has 1 atom stereocenters. The average molecular weight is 270 g/mol. The van der Waals surface area contributed by atoms with Gasteiger partial charge in [0.15, 0.2) is 5.78 Å². The summed E-state index contributed by atoms with van der Waals surface area (Å²) in [5.74, 6) is -1.07. The van der Waals surface area contributed by atoms with Crippen molar-refractivity contribution in [2.24, 2.45) is 5.92 Å². The highest BCUT2D eigenvalue weighted by Crippen LogP contribution is 2.28. The third-order valence-electron chi connectivity index (χ3n) is 3.72. The summed E-state index contributed by atoms with van der Waals surface area (Å²) < 4.78 is 0. The normalized spacial score (nSPS) is 18.8. The van der Waals surface area contributed by atoms with E-state index in [4.69, 9.17) is 5.26 Å². The minimum absolute atomic E-state index is 0.163. The number of carbonyl (C=O) groups is 2. The van der Waals surface area contributed by atoms with Crippen LogP contribution >= 0.6 is 0 Å². The maximum atomic E-state index is 12.5. The van der Waals surface area contributed by atoms with E-state index in [-0.39, 0.29) is 18.1 Å². The molecule has 1 amide bonds. The molecule has 1 fully saturated rings. The van der Waals surface area contributed by atoms with Gasteiger partial charge in [0.2, 0.25) is 5.91 Å². The minimum Gasteiger partial charge on any atom is -0.312 e. The van der Waals surface area contributed by atoms with Crippen molar-refractivity contribution in [1.82, 2.24) is 0 Å². The molecule has 1 aromatic carbocycles. The second-order valence-corrected chi connectivity index (χ2v) is 5.28. The fraction of sp³-hybridized carbons (Fsp3) is 0.438. The first-order chi connectivity index (χ1) is 9.54. The number of rotatable bonds is 3. The van der Waals surface area contributed by atoms with Crippen LogP contribution in [-0.2, 0) is 9.59 Å². The van der Waals surface area contributed by atoms with Gasteiger partial charge in [0, 0.05) is 12.2 Å². The highest BCUT2D eigenvalue weighted by atomic mass is 16.2. The van der Waals surface area contributed by atoms with Gasteiger partial charge in [-0.1, -0.05) is 17.7 Å². The molecule has 1 aliphatic heterocycles. The average Bonchev–Trinajstić information content (AvgIpc) is 2.40. The molecule has 1 heterocycles. The summed E-state index contributed by atoms with van der Waals surface area (Å²) in [5.41, 5.74) is 3.05. The first-order valence-electron chi connectivity index (χ1n) is 6.83. The maximum Gasteiger partial charge on any atom is 0.237 e. The Balaban J connectivity index is 2.26. The quantitative estimate of drug-likeness (QED) is 0.793. The van der Waals surface area contributed by atoms with Crippen molar-refractivity contribution in [2.45, 2.75) is 33.1 Å². The predicted molar refractivity (Wildman–Crippen MR) is 76.2 cm³/mol. The van der Waals surface area contributed by atoms with E-state index in [1.54, 1.807) is 4.90 Å². The number of carbonyl (C=O) groups excluding carboxylic acids is 2. The predicted octanol–water partition coefficient (Wildman–Crippen LogP) is 2.53. The Kier molecular flexibility index (Phi) is 4.19. The summed E-state index contributed by atoms with van der Waals surface area (Å²) in [6, 6.07) is 7.77. The number of hydrogen-bond acceptors (Lipinski definition) is 3. The molecule has 0 bridgehead atoms. The standard InChI is InChI=1S/C16H18N2O2/c1-11-5-6-14(12(2)10-11)18-9-3-4-13(16(18)20)15(19)7-8-17/h5-6,10,13H,3-4,7,9H2,1-2H3. The highest BCUT2D eigenvalue weighted by Gasteiger charge is 2.34. The van der Waals surface area contributed by atoms with Crippen LogP contribution in [0.15, 0.2) is 18.2 Å². The fourth-order valence-electron chi connectivity index (χ4n) is 2.72. The summed E-state index contributed by atoms with van der Waals surface area (Å²) in [5, 5.41) is 8.62. The Morgan fingerprint density at radius 2 is 2.20 bits per heavy atom. The number of aryl methyl sites for hydroxylation is 2. The molecule has 2 rings (SSSR count). The Labute approximate surface area is 119 Å². The summed E-state index contributed by atoms with van der Waals surface area (Å²) in [6.45, 7) is 4.61. The van der Waals surface area contributed by atoms with Gasteiger partial charge in [-0.05, 0) is 38.3 Å². The lowest BCUT2D eigenvalue weighted by Crippen LogP contribution is -2.44. The van der Waals surface area contributed by atoms with Crippen LogP contribution in [0.1, 0.15) is 30.4 Å². The molecular weight excluding hydrogens is 252 g/mol. The molecule has 104 valence electrons. The lowest BCUT2D eigenvalue weighted by molar-refractivity contribution is -0.133. The topological polar surface area (TPSA) is 61.2 Å². The van der Waals surface area contributed by atoms with Gasteiger partial charge in [-0.25, -0.2) is 0 Å². The van der Waals surface area contributed by atoms with Gasteiger partial charge in [0.1, 0.15) is 0 Å². The lowest BCUT2D eigenvalue weighted by Gasteiger charge is -2.32. The molecule has 1 saturated heterocycles. The van der Waals surface area contributed by atoms with Crippen LogP contribution in [0.4, 0.5) is 5.69 Å².